The van der Waals surface area contributed by atoms with Crippen LogP contribution in [0.15, 0.2) is 23.4 Å². The fraction of sp³-hybridized carbons (Fsp3) is 0.462. The molecule has 2 N–H and O–H groups in total. The Morgan fingerprint density at radius 1 is 1.45 bits per heavy atom. The lowest BCUT2D eigenvalue weighted by molar-refractivity contribution is -0.141. The predicted molar refractivity (Wildman–Crippen MR) is 74.5 cm³/mol. The van der Waals surface area contributed by atoms with Gasteiger partial charge >= 0.3 is 11.5 Å². The van der Waals surface area contributed by atoms with E-state index in [-0.39, 0.29) is 12.1 Å². The largest absolute Gasteiger partial charge is 0.481 e. The number of hydrogen-bond donors (Lipinski definition) is 2. The SMILES string of the molecule is CCCC(CNC(=O)c1cccnc1SC(F)(F)F)C(=O)O. The second kappa shape index (κ2) is 8.02. The average molecular weight is 336 g/mol. The van der Waals surface area contributed by atoms with E-state index in [4.69, 9.17) is 5.11 Å². The zero-order valence-electron chi connectivity index (χ0n) is 11.7. The first-order chi connectivity index (χ1) is 10.2. The Bertz CT molecular complexity index is 538. The van der Waals surface area contributed by atoms with E-state index in [9.17, 15) is 22.8 Å². The first-order valence-electron chi connectivity index (χ1n) is 6.46. The topological polar surface area (TPSA) is 79.3 Å². The number of aliphatic carboxylic acids is 1. The highest BCUT2D eigenvalue weighted by Gasteiger charge is 2.32. The van der Waals surface area contributed by atoms with Crippen molar-refractivity contribution >= 4 is 23.6 Å². The fourth-order valence-corrected chi connectivity index (χ4v) is 2.33. The molecule has 1 aromatic heterocycles. The zero-order chi connectivity index (χ0) is 16.8. The maximum atomic E-state index is 12.4. The molecule has 1 rings (SSSR count). The summed E-state index contributed by atoms with van der Waals surface area (Å²) in [6.07, 6.45) is 2.14. The van der Waals surface area contributed by atoms with Crippen LogP contribution in [0.4, 0.5) is 13.2 Å². The van der Waals surface area contributed by atoms with Gasteiger partial charge in [-0.2, -0.15) is 13.2 Å². The molecule has 0 spiro atoms. The van der Waals surface area contributed by atoms with E-state index in [1.807, 2.05) is 0 Å². The summed E-state index contributed by atoms with van der Waals surface area (Å²) in [4.78, 5) is 26.5. The second-order valence-corrected chi connectivity index (χ2v) is 5.49. The van der Waals surface area contributed by atoms with Gasteiger partial charge in [0.1, 0.15) is 5.03 Å². The van der Waals surface area contributed by atoms with Crippen LogP contribution in [-0.4, -0.2) is 34.0 Å². The highest BCUT2D eigenvalue weighted by Crippen LogP contribution is 2.37. The number of rotatable bonds is 7. The van der Waals surface area contributed by atoms with Gasteiger partial charge in [-0.3, -0.25) is 9.59 Å². The van der Waals surface area contributed by atoms with Crippen molar-refractivity contribution in [3.63, 3.8) is 0 Å². The number of hydrogen-bond acceptors (Lipinski definition) is 4. The number of alkyl halides is 3. The molecule has 5 nitrogen and oxygen atoms in total. The van der Waals surface area contributed by atoms with Crippen molar-refractivity contribution in [2.24, 2.45) is 5.92 Å². The van der Waals surface area contributed by atoms with Crippen molar-refractivity contribution in [3.05, 3.63) is 23.9 Å². The molecular formula is C13H15F3N2O3S. The van der Waals surface area contributed by atoms with Gasteiger partial charge in [-0.05, 0) is 18.6 Å². The Morgan fingerprint density at radius 3 is 2.68 bits per heavy atom. The molecule has 1 aromatic rings. The third kappa shape index (κ3) is 5.92. The number of amides is 1. The van der Waals surface area contributed by atoms with Crippen molar-refractivity contribution in [2.45, 2.75) is 30.3 Å². The Hall–Kier alpha value is -1.77. The highest BCUT2D eigenvalue weighted by atomic mass is 32.2. The molecule has 122 valence electrons. The summed E-state index contributed by atoms with van der Waals surface area (Å²) in [6.45, 7) is 1.66. The van der Waals surface area contributed by atoms with Crippen molar-refractivity contribution in [3.8, 4) is 0 Å². The van der Waals surface area contributed by atoms with Gasteiger partial charge in [0, 0.05) is 24.5 Å². The predicted octanol–water partition coefficient (Wildman–Crippen LogP) is 2.92. The lowest BCUT2D eigenvalue weighted by Gasteiger charge is -2.14. The van der Waals surface area contributed by atoms with E-state index in [1.54, 1.807) is 6.92 Å². The van der Waals surface area contributed by atoms with Crippen LogP contribution in [0.2, 0.25) is 0 Å². The molecule has 0 aliphatic rings. The summed E-state index contributed by atoms with van der Waals surface area (Å²) < 4.78 is 37.3. The van der Waals surface area contributed by atoms with Crippen LogP contribution in [0.1, 0.15) is 30.1 Å². The maximum absolute atomic E-state index is 12.4. The molecule has 1 heterocycles. The van der Waals surface area contributed by atoms with Gasteiger partial charge in [-0.15, -0.1) is 0 Å². The summed E-state index contributed by atoms with van der Waals surface area (Å²) in [5, 5.41) is 10.9. The molecule has 0 fully saturated rings. The second-order valence-electron chi connectivity index (χ2n) is 4.44. The van der Waals surface area contributed by atoms with Crippen molar-refractivity contribution in [1.82, 2.24) is 10.3 Å². The number of carbonyl (C=O) groups excluding carboxylic acids is 1. The summed E-state index contributed by atoms with van der Waals surface area (Å²) in [5.74, 6) is -2.61. The molecule has 22 heavy (non-hydrogen) atoms. The van der Waals surface area contributed by atoms with Crippen LogP contribution >= 0.6 is 11.8 Å². The van der Waals surface area contributed by atoms with E-state index < -0.39 is 40.1 Å². The summed E-state index contributed by atoms with van der Waals surface area (Å²) in [7, 11) is 0. The van der Waals surface area contributed by atoms with E-state index in [2.05, 4.69) is 10.3 Å². The van der Waals surface area contributed by atoms with E-state index in [1.165, 1.54) is 12.1 Å². The quantitative estimate of drug-likeness (QED) is 0.749. The summed E-state index contributed by atoms with van der Waals surface area (Å²) in [5.41, 5.74) is -4.79. The Balaban J connectivity index is 2.79. The van der Waals surface area contributed by atoms with E-state index in [0.29, 0.717) is 12.8 Å². The van der Waals surface area contributed by atoms with Crippen LogP contribution in [0.5, 0.6) is 0 Å². The molecule has 0 saturated heterocycles. The summed E-state index contributed by atoms with van der Waals surface area (Å²) >= 11 is -0.482. The number of thioether (sulfide) groups is 1. The minimum atomic E-state index is -4.56. The first kappa shape index (κ1) is 18.3. The fourth-order valence-electron chi connectivity index (χ4n) is 1.73. The summed E-state index contributed by atoms with van der Waals surface area (Å²) in [6, 6.07) is 2.56. The molecule has 0 aliphatic carbocycles. The minimum absolute atomic E-state index is 0.146. The number of nitrogens with zero attached hydrogens (tertiary/aromatic N) is 1. The number of carboxylic acids is 1. The number of aromatic nitrogens is 1. The van der Waals surface area contributed by atoms with Gasteiger partial charge in [0.2, 0.25) is 0 Å². The molecule has 1 amide bonds. The first-order valence-corrected chi connectivity index (χ1v) is 7.28. The zero-order valence-corrected chi connectivity index (χ0v) is 12.5. The van der Waals surface area contributed by atoms with Gasteiger partial charge in [-0.25, -0.2) is 4.98 Å². The lowest BCUT2D eigenvalue weighted by Crippen LogP contribution is -2.33. The van der Waals surface area contributed by atoms with Gasteiger partial charge in [0.25, 0.3) is 5.91 Å². The maximum Gasteiger partial charge on any atom is 0.447 e. The number of carbonyl (C=O) groups is 2. The smallest absolute Gasteiger partial charge is 0.447 e. The van der Waals surface area contributed by atoms with Gasteiger partial charge in [-0.1, -0.05) is 13.3 Å². The van der Waals surface area contributed by atoms with Crippen molar-refractivity contribution in [1.29, 1.82) is 0 Å². The van der Waals surface area contributed by atoms with Crippen LogP contribution in [-0.2, 0) is 4.79 Å². The Labute approximate surface area is 129 Å². The third-order valence-electron chi connectivity index (χ3n) is 2.72. The van der Waals surface area contributed by atoms with Crippen LogP contribution in [0, 0.1) is 5.92 Å². The lowest BCUT2D eigenvalue weighted by atomic mass is 10.0. The third-order valence-corrected chi connectivity index (χ3v) is 3.47. The van der Waals surface area contributed by atoms with Gasteiger partial charge in [0.05, 0.1) is 11.5 Å². The highest BCUT2D eigenvalue weighted by molar-refractivity contribution is 8.00. The molecule has 0 bridgehead atoms. The number of nitrogens with one attached hydrogen (secondary N) is 1. The molecule has 0 radical (unpaired) electrons. The Morgan fingerprint density at radius 2 is 2.14 bits per heavy atom. The molecule has 1 unspecified atom stereocenters. The van der Waals surface area contributed by atoms with Crippen LogP contribution in [0.3, 0.4) is 0 Å². The standard InChI is InChI=1S/C13H15F3N2O3S/c1-2-4-8(12(20)21)7-18-10(19)9-5-3-6-17-11(9)22-13(14,15)16/h3,5-6,8H,2,4,7H2,1H3,(H,18,19)(H,20,21). The molecule has 9 heteroatoms. The van der Waals surface area contributed by atoms with Gasteiger partial charge in [0.15, 0.2) is 0 Å². The Kier molecular flexibility index (Phi) is 6.66. The van der Waals surface area contributed by atoms with Crippen molar-refractivity contribution < 1.29 is 27.9 Å². The number of carboxylic acid groups (broad SMARTS) is 1. The molecular weight excluding hydrogens is 321 g/mol. The molecule has 0 aliphatic heterocycles. The van der Waals surface area contributed by atoms with Crippen LogP contribution in [0.25, 0.3) is 0 Å². The molecule has 0 saturated carbocycles. The molecule has 0 aromatic carbocycles. The van der Waals surface area contributed by atoms with Gasteiger partial charge < -0.3 is 10.4 Å². The normalized spacial score (nSPS) is 12.7. The van der Waals surface area contributed by atoms with E-state index in [0.717, 1.165) is 6.20 Å². The monoisotopic (exact) mass is 336 g/mol. The van der Waals surface area contributed by atoms with E-state index >= 15 is 0 Å². The average Bonchev–Trinajstić information content (AvgIpc) is 2.41. The van der Waals surface area contributed by atoms with Crippen LogP contribution < -0.4 is 5.32 Å². The minimum Gasteiger partial charge on any atom is -0.481 e. The number of pyridine rings is 1. The van der Waals surface area contributed by atoms with Crippen molar-refractivity contribution in [2.75, 3.05) is 6.54 Å². The number of halogens is 3. The molecule has 1 atom stereocenters.